The molecule has 0 aromatic heterocycles. The molecule has 1 amide bonds. The zero-order valence-electron chi connectivity index (χ0n) is 19.6. The normalized spacial score (nSPS) is 15.4. The molecule has 1 N–H and O–H groups in total. The lowest BCUT2D eigenvalue weighted by Crippen LogP contribution is -2.48. The topological polar surface area (TPSA) is 69.7 Å². The zero-order chi connectivity index (χ0) is 24.1. The number of hydrogen-bond donors (Lipinski definition) is 1. The standard InChI is InChI=1S/C27H31N3O3S/c1-21(2)23-12-14-25(15-13-23)28-27(31)24-10-8-22(9-11-24)20-29-16-18-30(19-17-29)34(32,33)26-6-4-3-5-7-26/h3-15,21H,16-20H2,1-2H3,(H,28,31). The Labute approximate surface area is 202 Å². The van der Waals surface area contributed by atoms with Crippen molar-refractivity contribution < 1.29 is 13.2 Å². The zero-order valence-corrected chi connectivity index (χ0v) is 20.5. The van der Waals surface area contributed by atoms with Gasteiger partial charge in [0.05, 0.1) is 4.90 Å². The molecule has 0 spiro atoms. The molecule has 1 aliphatic heterocycles. The Bertz CT molecular complexity index is 1200. The molecule has 0 bridgehead atoms. The van der Waals surface area contributed by atoms with Gasteiger partial charge in [0.25, 0.3) is 5.91 Å². The molecule has 1 heterocycles. The predicted octanol–water partition coefficient (Wildman–Crippen LogP) is 4.57. The van der Waals surface area contributed by atoms with Crippen LogP contribution in [0.5, 0.6) is 0 Å². The molecule has 178 valence electrons. The average Bonchev–Trinajstić information content (AvgIpc) is 2.85. The van der Waals surface area contributed by atoms with E-state index in [0.29, 0.717) is 42.6 Å². The van der Waals surface area contributed by atoms with E-state index < -0.39 is 10.0 Å². The van der Waals surface area contributed by atoms with Crippen LogP contribution in [0.1, 0.15) is 41.3 Å². The van der Waals surface area contributed by atoms with E-state index in [2.05, 4.69) is 24.1 Å². The first-order chi connectivity index (χ1) is 16.3. The Balaban J connectivity index is 1.30. The largest absolute Gasteiger partial charge is 0.322 e. The highest BCUT2D eigenvalue weighted by molar-refractivity contribution is 7.89. The molecular weight excluding hydrogens is 446 g/mol. The van der Waals surface area contributed by atoms with Crippen LogP contribution in [0.3, 0.4) is 0 Å². The minimum atomic E-state index is -3.44. The molecule has 0 unspecified atom stereocenters. The van der Waals surface area contributed by atoms with E-state index >= 15 is 0 Å². The lowest BCUT2D eigenvalue weighted by atomic mass is 10.0. The van der Waals surface area contributed by atoms with Crippen LogP contribution in [-0.4, -0.2) is 49.7 Å². The molecule has 0 saturated carbocycles. The number of nitrogens with zero attached hydrogens (tertiary/aromatic N) is 2. The number of anilines is 1. The summed E-state index contributed by atoms with van der Waals surface area (Å²) in [5.41, 5.74) is 3.72. The summed E-state index contributed by atoms with van der Waals surface area (Å²) < 4.78 is 27.2. The maximum Gasteiger partial charge on any atom is 0.255 e. The number of rotatable bonds is 7. The van der Waals surface area contributed by atoms with Crippen LogP contribution < -0.4 is 5.32 Å². The summed E-state index contributed by atoms with van der Waals surface area (Å²) in [4.78, 5) is 15.2. The van der Waals surface area contributed by atoms with Crippen molar-refractivity contribution in [1.29, 1.82) is 0 Å². The van der Waals surface area contributed by atoms with E-state index in [4.69, 9.17) is 0 Å². The molecule has 7 heteroatoms. The lowest BCUT2D eigenvalue weighted by molar-refractivity contribution is 0.102. The van der Waals surface area contributed by atoms with E-state index in [1.807, 2.05) is 54.6 Å². The van der Waals surface area contributed by atoms with Gasteiger partial charge in [0.2, 0.25) is 10.0 Å². The predicted molar refractivity (Wildman–Crippen MR) is 135 cm³/mol. The van der Waals surface area contributed by atoms with E-state index in [0.717, 1.165) is 17.8 Å². The molecule has 6 nitrogen and oxygen atoms in total. The molecule has 4 rings (SSSR count). The minimum absolute atomic E-state index is 0.136. The van der Waals surface area contributed by atoms with E-state index in [-0.39, 0.29) is 5.91 Å². The summed E-state index contributed by atoms with van der Waals surface area (Å²) in [6.07, 6.45) is 0. The Morgan fingerprint density at radius 1 is 0.853 bits per heavy atom. The van der Waals surface area contributed by atoms with Gasteiger partial charge in [-0.2, -0.15) is 4.31 Å². The van der Waals surface area contributed by atoms with Crippen LogP contribution >= 0.6 is 0 Å². The van der Waals surface area contributed by atoms with Crippen molar-refractivity contribution in [3.05, 3.63) is 95.6 Å². The van der Waals surface area contributed by atoms with Crippen LogP contribution in [0.4, 0.5) is 5.69 Å². The van der Waals surface area contributed by atoms with Crippen molar-refractivity contribution in [3.63, 3.8) is 0 Å². The smallest absolute Gasteiger partial charge is 0.255 e. The second kappa shape index (κ2) is 10.5. The van der Waals surface area contributed by atoms with E-state index in [1.165, 1.54) is 5.56 Å². The maximum absolute atomic E-state index is 12.8. The highest BCUT2D eigenvalue weighted by Gasteiger charge is 2.28. The van der Waals surface area contributed by atoms with Crippen molar-refractivity contribution in [2.45, 2.75) is 31.2 Å². The Hall–Kier alpha value is -3.00. The Kier molecular flexibility index (Phi) is 7.46. The number of carbonyl (C=O) groups excluding carboxylic acids is 1. The van der Waals surface area contributed by atoms with Gasteiger partial charge in [0, 0.05) is 44.0 Å². The number of hydrogen-bond acceptors (Lipinski definition) is 4. The summed E-state index contributed by atoms with van der Waals surface area (Å²) >= 11 is 0. The molecule has 0 radical (unpaired) electrons. The molecule has 0 aliphatic carbocycles. The second-order valence-corrected chi connectivity index (χ2v) is 10.9. The van der Waals surface area contributed by atoms with Crippen LogP contribution in [0, 0.1) is 0 Å². The fourth-order valence-electron chi connectivity index (χ4n) is 4.04. The van der Waals surface area contributed by atoms with Gasteiger partial charge >= 0.3 is 0 Å². The Morgan fingerprint density at radius 2 is 1.47 bits per heavy atom. The van der Waals surface area contributed by atoms with Crippen LogP contribution in [0.2, 0.25) is 0 Å². The minimum Gasteiger partial charge on any atom is -0.322 e. The fourth-order valence-corrected chi connectivity index (χ4v) is 5.49. The summed E-state index contributed by atoms with van der Waals surface area (Å²) in [5.74, 6) is 0.317. The summed E-state index contributed by atoms with van der Waals surface area (Å²) in [5, 5.41) is 2.95. The SMILES string of the molecule is CC(C)c1ccc(NC(=O)c2ccc(CN3CCN(S(=O)(=O)c4ccccc4)CC3)cc2)cc1. The number of nitrogens with one attached hydrogen (secondary N) is 1. The first-order valence-electron chi connectivity index (χ1n) is 11.6. The van der Waals surface area contributed by atoms with E-state index in [9.17, 15) is 13.2 Å². The van der Waals surface area contributed by atoms with Gasteiger partial charge in [-0.1, -0.05) is 56.3 Å². The lowest BCUT2D eigenvalue weighted by Gasteiger charge is -2.34. The number of carbonyl (C=O) groups is 1. The third-order valence-electron chi connectivity index (χ3n) is 6.17. The quantitative estimate of drug-likeness (QED) is 0.541. The molecule has 3 aromatic rings. The molecule has 1 aliphatic rings. The third kappa shape index (κ3) is 5.73. The van der Waals surface area contributed by atoms with Gasteiger partial charge in [0.1, 0.15) is 0 Å². The number of amides is 1. The van der Waals surface area contributed by atoms with Gasteiger partial charge in [-0.05, 0) is 53.4 Å². The first kappa shape index (κ1) is 24.1. The number of piperazine rings is 1. The summed E-state index contributed by atoms with van der Waals surface area (Å²) in [6, 6.07) is 24.1. The van der Waals surface area contributed by atoms with Gasteiger partial charge in [-0.25, -0.2) is 8.42 Å². The second-order valence-electron chi connectivity index (χ2n) is 8.92. The molecule has 1 saturated heterocycles. The summed E-state index contributed by atoms with van der Waals surface area (Å²) in [6.45, 7) is 7.27. The van der Waals surface area contributed by atoms with E-state index in [1.54, 1.807) is 28.6 Å². The van der Waals surface area contributed by atoms with Gasteiger partial charge < -0.3 is 5.32 Å². The number of benzene rings is 3. The molecular formula is C27H31N3O3S. The number of sulfonamides is 1. The molecule has 34 heavy (non-hydrogen) atoms. The van der Waals surface area contributed by atoms with Crippen molar-refractivity contribution in [1.82, 2.24) is 9.21 Å². The van der Waals surface area contributed by atoms with Gasteiger partial charge in [-0.15, -0.1) is 0 Å². The van der Waals surface area contributed by atoms with Crippen LogP contribution in [-0.2, 0) is 16.6 Å². The van der Waals surface area contributed by atoms with Crippen molar-refractivity contribution >= 4 is 21.6 Å². The summed E-state index contributed by atoms with van der Waals surface area (Å²) in [7, 11) is -3.44. The fraction of sp³-hybridized carbons (Fsp3) is 0.296. The average molecular weight is 478 g/mol. The molecule has 0 atom stereocenters. The monoisotopic (exact) mass is 477 g/mol. The highest BCUT2D eigenvalue weighted by atomic mass is 32.2. The highest BCUT2D eigenvalue weighted by Crippen LogP contribution is 2.20. The third-order valence-corrected chi connectivity index (χ3v) is 8.08. The van der Waals surface area contributed by atoms with Crippen molar-refractivity contribution in [3.8, 4) is 0 Å². The van der Waals surface area contributed by atoms with Gasteiger partial charge in [0.15, 0.2) is 0 Å². The van der Waals surface area contributed by atoms with Gasteiger partial charge in [-0.3, -0.25) is 9.69 Å². The first-order valence-corrected chi connectivity index (χ1v) is 13.0. The van der Waals surface area contributed by atoms with Crippen LogP contribution in [0.15, 0.2) is 83.8 Å². The molecule has 3 aromatic carbocycles. The maximum atomic E-state index is 12.8. The Morgan fingerprint density at radius 3 is 2.06 bits per heavy atom. The van der Waals surface area contributed by atoms with Crippen LogP contribution in [0.25, 0.3) is 0 Å². The van der Waals surface area contributed by atoms with Crippen molar-refractivity contribution in [2.24, 2.45) is 0 Å². The van der Waals surface area contributed by atoms with Crippen molar-refractivity contribution in [2.75, 3.05) is 31.5 Å². The molecule has 1 fully saturated rings.